The van der Waals surface area contributed by atoms with Gasteiger partial charge >= 0.3 is 0 Å². The average molecular weight is 195 g/mol. The third-order valence-electron chi connectivity index (χ3n) is 2.10. The minimum atomic E-state index is 0.341. The largest absolute Gasteiger partial charge is 0.496 e. The zero-order valence-electron chi connectivity index (χ0n) is 9.42. The van der Waals surface area contributed by atoms with Crippen molar-refractivity contribution in [3.05, 3.63) is 17.3 Å². The maximum Gasteiger partial charge on any atom is 0.220 e. The molecule has 3 nitrogen and oxygen atoms in total. The molecule has 0 aromatic carbocycles. The second-order valence-corrected chi connectivity index (χ2v) is 3.54. The van der Waals surface area contributed by atoms with E-state index >= 15 is 0 Å². The van der Waals surface area contributed by atoms with Crippen LogP contribution in [0.4, 0.5) is 0 Å². The number of methoxy groups -OCH3 is 2. The number of rotatable bonds is 3. The van der Waals surface area contributed by atoms with Gasteiger partial charge in [-0.05, 0) is 12.8 Å². The SMILES string of the molecule is COc1cc(C)nc(OC)c1C(C)C. The first-order valence-corrected chi connectivity index (χ1v) is 4.69. The van der Waals surface area contributed by atoms with Crippen LogP contribution < -0.4 is 9.47 Å². The van der Waals surface area contributed by atoms with Gasteiger partial charge in [-0.2, -0.15) is 0 Å². The Balaban J connectivity index is 3.33. The van der Waals surface area contributed by atoms with E-state index in [1.807, 2.05) is 13.0 Å². The fourth-order valence-electron chi connectivity index (χ4n) is 1.48. The van der Waals surface area contributed by atoms with Crippen molar-refractivity contribution in [2.45, 2.75) is 26.7 Å². The first kappa shape index (κ1) is 10.8. The summed E-state index contributed by atoms with van der Waals surface area (Å²) in [6, 6.07) is 1.93. The van der Waals surface area contributed by atoms with Gasteiger partial charge in [0.25, 0.3) is 0 Å². The molecule has 0 atom stereocenters. The molecular formula is C11H17NO2. The molecule has 0 aliphatic heterocycles. The molecule has 0 unspecified atom stereocenters. The Morgan fingerprint density at radius 3 is 2.29 bits per heavy atom. The molecule has 0 N–H and O–H groups in total. The van der Waals surface area contributed by atoms with Crippen LogP contribution in [0, 0.1) is 6.92 Å². The highest BCUT2D eigenvalue weighted by atomic mass is 16.5. The summed E-state index contributed by atoms with van der Waals surface area (Å²) in [6.07, 6.45) is 0. The first-order chi connectivity index (χ1) is 6.60. The van der Waals surface area contributed by atoms with E-state index in [0.29, 0.717) is 11.8 Å². The van der Waals surface area contributed by atoms with Crippen molar-refractivity contribution in [3.8, 4) is 11.6 Å². The van der Waals surface area contributed by atoms with Gasteiger partial charge < -0.3 is 9.47 Å². The molecule has 1 rings (SSSR count). The van der Waals surface area contributed by atoms with Crippen LogP contribution in [0.15, 0.2) is 6.07 Å². The van der Waals surface area contributed by atoms with Crippen LogP contribution in [0.1, 0.15) is 31.0 Å². The smallest absolute Gasteiger partial charge is 0.220 e. The first-order valence-electron chi connectivity index (χ1n) is 4.69. The fourth-order valence-corrected chi connectivity index (χ4v) is 1.48. The minimum Gasteiger partial charge on any atom is -0.496 e. The Morgan fingerprint density at radius 1 is 1.21 bits per heavy atom. The predicted octanol–water partition coefficient (Wildman–Crippen LogP) is 2.53. The second kappa shape index (κ2) is 4.31. The summed E-state index contributed by atoms with van der Waals surface area (Å²) < 4.78 is 10.5. The van der Waals surface area contributed by atoms with Crippen LogP contribution in [0.25, 0.3) is 0 Å². The molecule has 0 saturated carbocycles. The normalized spacial score (nSPS) is 10.4. The van der Waals surface area contributed by atoms with Crippen molar-refractivity contribution in [3.63, 3.8) is 0 Å². The lowest BCUT2D eigenvalue weighted by atomic mass is 10.0. The maximum atomic E-state index is 5.31. The summed E-state index contributed by atoms with van der Waals surface area (Å²) >= 11 is 0. The molecule has 0 saturated heterocycles. The lowest BCUT2D eigenvalue weighted by Crippen LogP contribution is -2.02. The van der Waals surface area contributed by atoms with Gasteiger partial charge in [0.05, 0.1) is 19.8 Å². The van der Waals surface area contributed by atoms with E-state index in [-0.39, 0.29) is 0 Å². The maximum absolute atomic E-state index is 5.31. The molecule has 1 aromatic heterocycles. The van der Waals surface area contributed by atoms with Crippen LogP contribution in [0.3, 0.4) is 0 Å². The van der Waals surface area contributed by atoms with Gasteiger partial charge in [0, 0.05) is 11.8 Å². The Labute approximate surface area is 85.1 Å². The van der Waals surface area contributed by atoms with Crippen LogP contribution >= 0.6 is 0 Å². The molecule has 0 aliphatic carbocycles. The lowest BCUT2D eigenvalue weighted by molar-refractivity contribution is 0.368. The molecule has 0 radical (unpaired) electrons. The molecule has 0 aliphatic rings. The van der Waals surface area contributed by atoms with E-state index in [4.69, 9.17) is 9.47 Å². The van der Waals surface area contributed by atoms with E-state index in [1.54, 1.807) is 14.2 Å². The zero-order valence-corrected chi connectivity index (χ0v) is 9.42. The number of nitrogens with zero attached hydrogens (tertiary/aromatic N) is 1. The van der Waals surface area contributed by atoms with Crippen LogP contribution in [0.2, 0.25) is 0 Å². The molecule has 0 bridgehead atoms. The van der Waals surface area contributed by atoms with Crippen molar-refractivity contribution < 1.29 is 9.47 Å². The second-order valence-electron chi connectivity index (χ2n) is 3.54. The Kier molecular flexibility index (Phi) is 3.33. The number of hydrogen-bond acceptors (Lipinski definition) is 3. The Hall–Kier alpha value is -1.25. The Bertz CT molecular complexity index is 296. The molecule has 14 heavy (non-hydrogen) atoms. The minimum absolute atomic E-state index is 0.341. The van der Waals surface area contributed by atoms with Gasteiger partial charge in [0.1, 0.15) is 5.75 Å². The Morgan fingerprint density at radius 2 is 1.86 bits per heavy atom. The predicted molar refractivity (Wildman–Crippen MR) is 56.2 cm³/mol. The van der Waals surface area contributed by atoms with Crippen molar-refractivity contribution in [1.29, 1.82) is 0 Å². The standard InChI is InChI=1S/C11H17NO2/c1-7(2)10-9(13-4)6-8(3)12-11(10)14-5/h6-7H,1-5H3. The average Bonchev–Trinajstić information content (AvgIpc) is 2.15. The van der Waals surface area contributed by atoms with Crippen molar-refractivity contribution in [2.24, 2.45) is 0 Å². The summed E-state index contributed by atoms with van der Waals surface area (Å²) in [5.41, 5.74) is 1.93. The monoisotopic (exact) mass is 195 g/mol. The highest BCUT2D eigenvalue weighted by molar-refractivity contribution is 5.43. The summed E-state index contributed by atoms with van der Waals surface area (Å²) in [6.45, 7) is 6.12. The highest BCUT2D eigenvalue weighted by Crippen LogP contribution is 2.33. The molecule has 0 amide bonds. The van der Waals surface area contributed by atoms with Gasteiger partial charge in [-0.1, -0.05) is 13.8 Å². The van der Waals surface area contributed by atoms with E-state index < -0.39 is 0 Å². The van der Waals surface area contributed by atoms with Crippen molar-refractivity contribution >= 4 is 0 Å². The zero-order chi connectivity index (χ0) is 10.7. The summed E-state index contributed by atoms with van der Waals surface area (Å²) in [5, 5.41) is 0. The van der Waals surface area contributed by atoms with Crippen molar-refractivity contribution in [2.75, 3.05) is 14.2 Å². The van der Waals surface area contributed by atoms with Crippen LogP contribution in [-0.4, -0.2) is 19.2 Å². The van der Waals surface area contributed by atoms with Crippen LogP contribution in [-0.2, 0) is 0 Å². The third kappa shape index (κ3) is 1.97. The third-order valence-corrected chi connectivity index (χ3v) is 2.10. The van der Waals surface area contributed by atoms with Gasteiger partial charge in [-0.25, -0.2) is 4.98 Å². The summed E-state index contributed by atoms with van der Waals surface area (Å²) in [4.78, 5) is 4.32. The number of hydrogen-bond donors (Lipinski definition) is 0. The molecule has 1 aromatic rings. The van der Waals surface area contributed by atoms with E-state index in [2.05, 4.69) is 18.8 Å². The number of aryl methyl sites for hydroxylation is 1. The van der Waals surface area contributed by atoms with E-state index in [1.165, 1.54) is 0 Å². The fraction of sp³-hybridized carbons (Fsp3) is 0.545. The topological polar surface area (TPSA) is 31.4 Å². The molecule has 78 valence electrons. The van der Waals surface area contributed by atoms with E-state index in [0.717, 1.165) is 17.0 Å². The van der Waals surface area contributed by atoms with Crippen molar-refractivity contribution in [1.82, 2.24) is 4.98 Å². The van der Waals surface area contributed by atoms with Gasteiger partial charge in [0.2, 0.25) is 5.88 Å². The molecule has 0 spiro atoms. The molecular weight excluding hydrogens is 178 g/mol. The number of pyridine rings is 1. The number of aromatic nitrogens is 1. The van der Waals surface area contributed by atoms with Crippen LogP contribution in [0.5, 0.6) is 11.6 Å². The van der Waals surface area contributed by atoms with Gasteiger partial charge in [-0.15, -0.1) is 0 Å². The highest BCUT2D eigenvalue weighted by Gasteiger charge is 2.15. The quantitative estimate of drug-likeness (QED) is 0.742. The molecule has 1 heterocycles. The molecule has 0 fully saturated rings. The number of ether oxygens (including phenoxy) is 2. The van der Waals surface area contributed by atoms with Gasteiger partial charge in [-0.3, -0.25) is 0 Å². The van der Waals surface area contributed by atoms with E-state index in [9.17, 15) is 0 Å². The summed E-state index contributed by atoms with van der Waals surface area (Å²) in [5.74, 6) is 1.86. The summed E-state index contributed by atoms with van der Waals surface area (Å²) in [7, 11) is 3.30. The molecule has 3 heteroatoms. The lowest BCUT2D eigenvalue weighted by Gasteiger charge is -2.15. The van der Waals surface area contributed by atoms with Gasteiger partial charge in [0.15, 0.2) is 0 Å².